The molecule has 0 atom stereocenters. The Kier molecular flexibility index (Phi) is 6.29. The van der Waals surface area contributed by atoms with Gasteiger partial charge < -0.3 is 9.47 Å². The number of ether oxygens (including phenoxy) is 2. The van der Waals surface area contributed by atoms with Crippen molar-refractivity contribution in [2.24, 2.45) is 5.41 Å². The van der Waals surface area contributed by atoms with Crippen molar-refractivity contribution in [3.63, 3.8) is 0 Å². The van der Waals surface area contributed by atoms with E-state index in [1.807, 2.05) is 0 Å². The molecule has 1 fully saturated rings. The molecule has 2 rings (SSSR count). The van der Waals surface area contributed by atoms with E-state index in [2.05, 4.69) is 0 Å². The largest absolute Gasteiger partial charge is 0.465 e. The van der Waals surface area contributed by atoms with Crippen LogP contribution in [-0.2, 0) is 19.1 Å². The SMILES string of the molecule is C/C=C1/CC(C(=O)OCC)(C(=O)OCC)C/C1=C\c1ccc(F)c(F)c1. The van der Waals surface area contributed by atoms with Crippen molar-refractivity contribution in [3.8, 4) is 0 Å². The highest BCUT2D eigenvalue weighted by atomic mass is 19.2. The summed E-state index contributed by atoms with van der Waals surface area (Å²) in [7, 11) is 0. The highest BCUT2D eigenvalue weighted by Gasteiger charge is 2.54. The Morgan fingerprint density at radius 3 is 2.12 bits per heavy atom. The van der Waals surface area contributed by atoms with Crippen molar-refractivity contribution < 1.29 is 27.8 Å². The maximum Gasteiger partial charge on any atom is 0.324 e. The van der Waals surface area contributed by atoms with Crippen molar-refractivity contribution in [2.75, 3.05) is 13.2 Å². The van der Waals surface area contributed by atoms with Crippen molar-refractivity contribution >= 4 is 18.0 Å². The molecule has 26 heavy (non-hydrogen) atoms. The van der Waals surface area contributed by atoms with Gasteiger partial charge in [-0.3, -0.25) is 9.59 Å². The van der Waals surface area contributed by atoms with Crippen LogP contribution in [-0.4, -0.2) is 25.2 Å². The van der Waals surface area contributed by atoms with Gasteiger partial charge in [0.05, 0.1) is 13.2 Å². The molecular formula is C20H22F2O4. The molecule has 0 radical (unpaired) electrons. The van der Waals surface area contributed by atoms with E-state index in [0.29, 0.717) is 11.1 Å². The summed E-state index contributed by atoms with van der Waals surface area (Å²) < 4.78 is 36.8. The quantitative estimate of drug-likeness (QED) is 0.580. The minimum Gasteiger partial charge on any atom is -0.465 e. The first kappa shape index (κ1) is 19.8. The van der Waals surface area contributed by atoms with Crippen LogP contribution in [0.4, 0.5) is 8.78 Å². The summed E-state index contributed by atoms with van der Waals surface area (Å²) in [5.41, 5.74) is 0.468. The maximum atomic E-state index is 13.5. The van der Waals surface area contributed by atoms with Crippen LogP contribution in [0.3, 0.4) is 0 Å². The first-order valence-corrected chi connectivity index (χ1v) is 8.53. The molecule has 6 heteroatoms. The van der Waals surface area contributed by atoms with Crippen LogP contribution in [0.1, 0.15) is 39.2 Å². The number of benzene rings is 1. The van der Waals surface area contributed by atoms with Gasteiger partial charge >= 0.3 is 11.9 Å². The molecule has 0 N–H and O–H groups in total. The molecule has 1 aliphatic carbocycles. The molecular weight excluding hydrogens is 342 g/mol. The number of carbonyl (C=O) groups excluding carboxylic acids is 2. The summed E-state index contributed by atoms with van der Waals surface area (Å²) in [6, 6.07) is 3.55. The minimum atomic E-state index is -1.45. The fourth-order valence-corrected chi connectivity index (χ4v) is 3.08. The third-order valence-corrected chi connectivity index (χ3v) is 4.36. The van der Waals surface area contributed by atoms with Crippen LogP contribution in [0.15, 0.2) is 35.4 Å². The van der Waals surface area contributed by atoms with Gasteiger partial charge in [-0.15, -0.1) is 0 Å². The summed E-state index contributed by atoms with van der Waals surface area (Å²) in [6.07, 6.45) is 3.68. The Morgan fingerprint density at radius 1 is 1.04 bits per heavy atom. The van der Waals surface area contributed by atoms with E-state index in [-0.39, 0.29) is 26.1 Å². The van der Waals surface area contributed by atoms with Gasteiger partial charge in [0.25, 0.3) is 0 Å². The number of hydrogen-bond donors (Lipinski definition) is 0. The second-order valence-electron chi connectivity index (χ2n) is 6.03. The molecule has 0 unspecified atom stereocenters. The Morgan fingerprint density at radius 2 is 1.62 bits per heavy atom. The number of carbonyl (C=O) groups is 2. The zero-order chi connectivity index (χ0) is 19.3. The van der Waals surface area contributed by atoms with Gasteiger partial charge in [0, 0.05) is 0 Å². The first-order chi connectivity index (χ1) is 12.4. The molecule has 0 aliphatic heterocycles. The number of esters is 2. The number of rotatable bonds is 5. The van der Waals surface area contributed by atoms with Gasteiger partial charge in [-0.25, -0.2) is 8.78 Å². The lowest BCUT2D eigenvalue weighted by molar-refractivity contribution is -0.171. The molecule has 0 amide bonds. The molecule has 0 heterocycles. The van der Waals surface area contributed by atoms with Crippen LogP contribution in [0.2, 0.25) is 0 Å². The van der Waals surface area contributed by atoms with Crippen LogP contribution < -0.4 is 0 Å². The minimum absolute atomic E-state index is 0.0866. The second-order valence-corrected chi connectivity index (χ2v) is 6.03. The summed E-state index contributed by atoms with van der Waals surface area (Å²) in [5, 5.41) is 0. The van der Waals surface area contributed by atoms with E-state index in [4.69, 9.17) is 9.47 Å². The predicted octanol–water partition coefficient (Wildman–Crippen LogP) is 4.20. The summed E-state index contributed by atoms with van der Waals surface area (Å²) in [5.74, 6) is -3.16. The van der Waals surface area contributed by atoms with E-state index < -0.39 is 29.0 Å². The summed E-state index contributed by atoms with van der Waals surface area (Å²) in [6.45, 7) is 5.42. The molecule has 0 saturated heterocycles. The van der Waals surface area contributed by atoms with E-state index >= 15 is 0 Å². The van der Waals surface area contributed by atoms with Gasteiger partial charge in [-0.05, 0) is 62.5 Å². The average molecular weight is 364 g/mol. The average Bonchev–Trinajstić information content (AvgIpc) is 2.98. The molecule has 1 aromatic carbocycles. The van der Waals surface area contributed by atoms with Crippen LogP contribution in [0, 0.1) is 17.0 Å². The predicted molar refractivity (Wildman–Crippen MR) is 93.0 cm³/mol. The third kappa shape index (κ3) is 3.84. The van der Waals surface area contributed by atoms with Gasteiger partial charge in [0.1, 0.15) is 0 Å². The molecule has 1 aromatic rings. The first-order valence-electron chi connectivity index (χ1n) is 8.53. The smallest absolute Gasteiger partial charge is 0.324 e. The Balaban J connectivity index is 2.45. The molecule has 0 spiro atoms. The normalized spacial score (nSPS) is 19.0. The molecule has 4 nitrogen and oxygen atoms in total. The van der Waals surface area contributed by atoms with E-state index in [1.165, 1.54) is 6.07 Å². The van der Waals surface area contributed by atoms with Gasteiger partial charge in [0.15, 0.2) is 17.0 Å². The number of hydrogen-bond acceptors (Lipinski definition) is 4. The van der Waals surface area contributed by atoms with Gasteiger partial charge in [-0.2, -0.15) is 0 Å². The third-order valence-electron chi connectivity index (χ3n) is 4.36. The van der Waals surface area contributed by atoms with Gasteiger partial charge in [-0.1, -0.05) is 18.2 Å². The standard InChI is InChI=1S/C20H22F2O4/c1-4-14-11-20(18(23)25-5-2,19(24)26-6-3)12-15(14)9-13-7-8-16(21)17(22)10-13/h4,7-10H,5-6,11-12H2,1-3H3/b14-4-,15-9+. The van der Waals surface area contributed by atoms with E-state index in [0.717, 1.165) is 17.7 Å². The van der Waals surface area contributed by atoms with E-state index in [9.17, 15) is 18.4 Å². The van der Waals surface area contributed by atoms with Crippen LogP contribution >= 0.6 is 0 Å². The van der Waals surface area contributed by atoms with E-state index in [1.54, 1.807) is 32.9 Å². The molecule has 140 valence electrons. The van der Waals surface area contributed by atoms with Crippen LogP contribution in [0.25, 0.3) is 6.08 Å². The Hall–Kier alpha value is -2.50. The number of halogens is 2. The van der Waals surface area contributed by atoms with Crippen molar-refractivity contribution in [1.29, 1.82) is 0 Å². The summed E-state index contributed by atoms with van der Waals surface area (Å²) >= 11 is 0. The fourth-order valence-electron chi connectivity index (χ4n) is 3.08. The zero-order valence-corrected chi connectivity index (χ0v) is 15.1. The molecule has 0 bridgehead atoms. The topological polar surface area (TPSA) is 52.6 Å². The maximum absolute atomic E-state index is 13.5. The highest BCUT2D eigenvalue weighted by Crippen LogP contribution is 2.47. The van der Waals surface area contributed by atoms with Gasteiger partial charge in [0.2, 0.25) is 0 Å². The van der Waals surface area contributed by atoms with Crippen LogP contribution in [0.5, 0.6) is 0 Å². The molecule has 1 saturated carbocycles. The highest BCUT2D eigenvalue weighted by molar-refractivity contribution is 6.02. The monoisotopic (exact) mass is 364 g/mol. The lowest BCUT2D eigenvalue weighted by Crippen LogP contribution is -2.39. The molecule has 1 aliphatic rings. The lowest BCUT2D eigenvalue weighted by Gasteiger charge is -2.23. The Bertz CT molecular complexity index is 747. The van der Waals surface area contributed by atoms with Crippen molar-refractivity contribution in [3.05, 3.63) is 52.6 Å². The fraction of sp³-hybridized carbons (Fsp3) is 0.400. The molecule has 0 aromatic heterocycles. The van der Waals surface area contributed by atoms with Crippen molar-refractivity contribution in [1.82, 2.24) is 0 Å². The Labute approximate surface area is 151 Å². The zero-order valence-electron chi connectivity index (χ0n) is 15.1. The van der Waals surface area contributed by atoms with Crippen molar-refractivity contribution in [2.45, 2.75) is 33.6 Å². The second kappa shape index (κ2) is 8.25. The summed E-state index contributed by atoms with van der Waals surface area (Å²) in [4.78, 5) is 25.1. The number of allylic oxidation sites excluding steroid dienone is 3. The lowest BCUT2D eigenvalue weighted by atomic mass is 9.85.